The molecule has 100 valence electrons. The van der Waals surface area contributed by atoms with Gasteiger partial charge in [-0.3, -0.25) is 0 Å². The average molecular weight is 272 g/mol. The highest BCUT2D eigenvalue weighted by Gasteiger charge is 2.00. The largest absolute Gasteiger partial charge is 0.490 e. The van der Waals surface area contributed by atoms with Crippen LogP contribution >= 0.6 is 7.82 Å². The van der Waals surface area contributed by atoms with Gasteiger partial charge < -0.3 is 19.4 Å². The van der Waals surface area contributed by atoms with Crippen molar-refractivity contribution in [1.82, 2.24) is 0 Å². The molecule has 0 unspecified atom stereocenters. The topological polar surface area (TPSA) is 87.0 Å². The van der Waals surface area contributed by atoms with Crippen LogP contribution in [-0.2, 0) is 4.57 Å². The molecule has 1 rings (SSSR count). The Labute approximate surface area is 106 Å². The first-order chi connectivity index (χ1) is 8.43. The Morgan fingerprint density at radius 2 is 1.72 bits per heavy atom. The number of hydrogen-bond acceptors (Lipinski definition) is 2. The zero-order valence-electron chi connectivity index (χ0n) is 9.85. The van der Waals surface area contributed by atoms with Gasteiger partial charge in [0.15, 0.2) is 0 Å². The van der Waals surface area contributed by atoms with E-state index in [2.05, 4.69) is 6.58 Å². The van der Waals surface area contributed by atoms with Crippen molar-refractivity contribution >= 4 is 7.82 Å². The minimum atomic E-state index is -4.64. The molecule has 3 N–H and O–H groups in total. The van der Waals surface area contributed by atoms with E-state index in [1.165, 1.54) is 0 Å². The Hall–Kier alpha value is -1.39. The fourth-order valence-corrected chi connectivity index (χ4v) is 0.922. The predicted molar refractivity (Wildman–Crippen MR) is 70.2 cm³/mol. The SMILES string of the molecule is C=CCC=CCOc1ccccc1.O=P(O)(O)O. The number of rotatable bonds is 5. The average Bonchev–Trinajstić information content (AvgIpc) is 2.28. The highest BCUT2D eigenvalue weighted by atomic mass is 31.2. The van der Waals surface area contributed by atoms with Gasteiger partial charge in [-0.15, -0.1) is 6.58 Å². The zero-order chi connectivity index (χ0) is 13.9. The van der Waals surface area contributed by atoms with Crippen LogP contribution in [0.2, 0.25) is 0 Å². The van der Waals surface area contributed by atoms with Crippen LogP contribution in [0.25, 0.3) is 0 Å². The molecule has 1 aromatic rings. The molecule has 0 aliphatic rings. The van der Waals surface area contributed by atoms with Gasteiger partial charge in [0.25, 0.3) is 0 Å². The summed E-state index contributed by atoms with van der Waals surface area (Å²) in [6.07, 6.45) is 6.79. The van der Waals surface area contributed by atoms with Gasteiger partial charge in [-0.25, -0.2) is 4.57 Å². The lowest BCUT2D eigenvalue weighted by atomic mass is 10.3. The zero-order valence-corrected chi connectivity index (χ0v) is 10.7. The summed E-state index contributed by atoms with van der Waals surface area (Å²) in [5.74, 6) is 0.908. The summed E-state index contributed by atoms with van der Waals surface area (Å²) in [4.78, 5) is 21.6. The Kier molecular flexibility index (Phi) is 8.88. The quantitative estimate of drug-likeness (QED) is 0.565. The standard InChI is InChI=1S/C12H14O.H3O4P/c1-2-3-4-8-11-13-12-9-6-5-7-10-12;1-5(2,3)4/h2,4-10H,1,3,11H2;(H3,1,2,3,4). The van der Waals surface area contributed by atoms with Crippen LogP contribution in [0.1, 0.15) is 6.42 Å². The van der Waals surface area contributed by atoms with Gasteiger partial charge in [-0.05, 0) is 18.6 Å². The second-order valence-electron chi connectivity index (χ2n) is 3.13. The minimum Gasteiger partial charge on any atom is -0.490 e. The summed E-state index contributed by atoms with van der Waals surface area (Å²) in [5.41, 5.74) is 0. The summed E-state index contributed by atoms with van der Waals surface area (Å²) in [6.45, 7) is 4.25. The Bertz CT molecular complexity index is 388. The van der Waals surface area contributed by atoms with Gasteiger partial charge in [0.05, 0.1) is 0 Å². The number of para-hydroxylation sites is 1. The maximum absolute atomic E-state index is 8.88. The third kappa shape index (κ3) is 14.6. The smallest absolute Gasteiger partial charge is 0.466 e. The number of ether oxygens (including phenoxy) is 1. The summed E-state index contributed by atoms with van der Waals surface area (Å²) in [7, 11) is -4.64. The molecule has 18 heavy (non-hydrogen) atoms. The van der Waals surface area contributed by atoms with E-state index < -0.39 is 7.82 Å². The van der Waals surface area contributed by atoms with E-state index in [4.69, 9.17) is 24.0 Å². The molecule has 1 aromatic carbocycles. The lowest BCUT2D eigenvalue weighted by Crippen LogP contribution is -1.92. The molecule has 0 aliphatic heterocycles. The highest BCUT2D eigenvalue weighted by Crippen LogP contribution is 2.25. The lowest BCUT2D eigenvalue weighted by molar-refractivity contribution is 0.275. The van der Waals surface area contributed by atoms with Gasteiger partial charge >= 0.3 is 7.82 Å². The Balaban J connectivity index is 0.000000494. The van der Waals surface area contributed by atoms with E-state index in [-0.39, 0.29) is 0 Å². The molecule has 0 heterocycles. The van der Waals surface area contributed by atoms with Crippen molar-refractivity contribution in [2.24, 2.45) is 0 Å². The van der Waals surface area contributed by atoms with Crippen molar-refractivity contribution in [3.8, 4) is 5.75 Å². The monoisotopic (exact) mass is 272 g/mol. The van der Waals surface area contributed by atoms with Gasteiger partial charge in [-0.2, -0.15) is 0 Å². The van der Waals surface area contributed by atoms with Crippen molar-refractivity contribution in [2.45, 2.75) is 6.42 Å². The first kappa shape index (κ1) is 16.6. The van der Waals surface area contributed by atoms with Gasteiger partial charge in [0, 0.05) is 0 Å². The van der Waals surface area contributed by atoms with E-state index in [1.54, 1.807) is 0 Å². The lowest BCUT2D eigenvalue weighted by Gasteiger charge is -2.00. The van der Waals surface area contributed by atoms with Crippen molar-refractivity contribution in [1.29, 1.82) is 0 Å². The second kappa shape index (κ2) is 9.62. The van der Waals surface area contributed by atoms with Crippen molar-refractivity contribution in [3.05, 3.63) is 55.1 Å². The van der Waals surface area contributed by atoms with Crippen molar-refractivity contribution in [2.75, 3.05) is 6.61 Å². The molecule has 0 bridgehead atoms. The van der Waals surface area contributed by atoms with Crippen LogP contribution in [0.3, 0.4) is 0 Å². The predicted octanol–water partition coefficient (Wildman–Crippen LogP) is 2.27. The summed E-state index contributed by atoms with van der Waals surface area (Å²) >= 11 is 0. The maximum atomic E-state index is 8.88. The van der Waals surface area contributed by atoms with Crippen LogP contribution in [0, 0.1) is 0 Å². The second-order valence-corrected chi connectivity index (χ2v) is 4.16. The molecular weight excluding hydrogens is 255 g/mol. The minimum absolute atomic E-state index is 0.623. The molecule has 0 spiro atoms. The van der Waals surface area contributed by atoms with E-state index >= 15 is 0 Å². The van der Waals surface area contributed by atoms with Crippen LogP contribution in [0.4, 0.5) is 0 Å². The summed E-state index contributed by atoms with van der Waals surface area (Å²) in [6, 6.07) is 9.79. The molecular formula is C12H17O5P. The van der Waals surface area contributed by atoms with E-state index in [0.29, 0.717) is 6.61 Å². The van der Waals surface area contributed by atoms with Crippen LogP contribution in [0.15, 0.2) is 55.1 Å². The molecule has 0 saturated heterocycles. The molecule has 6 heteroatoms. The normalized spacial score (nSPS) is 10.6. The van der Waals surface area contributed by atoms with Gasteiger partial charge in [-0.1, -0.05) is 36.4 Å². The number of phosphoric acid groups is 1. The van der Waals surface area contributed by atoms with Crippen LogP contribution in [-0.4, -0.2) is 21.3 Å². The maximum Gasteiger partial charge on any atom is 0.466 e. The molecule has 0 fully saturated rings. The molecule has 0 amide bonds. The number of allylic oxidation sites excluding steroid dienone is 2. The first-order valence-corrected chi connectivity index (χ1v) is 6.72. The molecule has 0 radical (unpaired) electrons. The Morgan fingerprint density at radius 1 is 1.17 bits per heavy atom. The first-order valence-electron chi connectivity index (χ1n) is 5.15. The van der Waals surface area contributed by atoms with Crippen molar-refractivity contribution in [3.63, 3.8) is 0 Å². The summed E-state index contributed by atoms with van der Waals surface area (Å²) in [5, 5.41) is 0. The third-order valence-electron chi connectivity index (χ3n) is 1.56. The van der Waals surface area contributed by atoms with Gasteiger partial charge in [0.1, 0.15) is 12.4 Å². The third-order valence-corrected chi connectivity index (χ3v) is 1.56. The van der Waals surface area contributed by atoms with Gasteiger partial charge in [0.2, 0.25) is 0 Å². The fourth-order valence-electron chi connectivity index (χ4n) is 0.922. The van der Waals surface area contributed by atoms with Crippen LogP contribution < -0.4 is 4.74 Å². The molecule has 0 saturated carbocycles. The molecule has 5 nitrogen and oxygen atoms in total. The van der Waals surface area contributed by atoms with Crippen molar-refractivity contribution < 1.29 is 24.0 Å². The number of hydrogen-bond donors (Lipinski definition) is 3. The Morgan fingerprint density at radius 3 is 2.22 bits per heavy atom. The van der Waals surface area contributed by atoms with E-state index in [9.17, 15) is 0 Å². The van der Waals surface area contributed by atoms with E-state index in [0.717, 1.165) is 12.2 Å². The highest BCUT2D eigenvalue weighted by molar-refractivity contribution is 7.45. The van der Waals surface area contributed by atoms with Crippen LogP contribution in [0.5, 0.6) is 5.75 Å². The molecule has 0 atom stereocenters. The van der Waals surface area contributed by atoms with E-state index in [1.807, 2.05) is 48.6 Å². The number of benzene rings is 1. The molecule has 0 aliphatic carbocycles. The summed E-state index contributed by atoms with van der Waals surface area (Å²) < 4.78 is 14.3. The fraction of sp³-hybridized carbons (Fsp3) is 0.167. The molecule has 0 aromatic heterocycles.